The van der Waals surface area contributed by atoms with E-state index in [4.69, 9.17) is 9.72 Å². The van der Waals surface area contributed by atoms with E-state index >= 15 is 0 Å². The van der Waals surface area contributed by atoms with Crippen LogP contribution in [0.3, 0.4) is 0 Å². The third-order valence-corrected chi connectivity index (χ3v) is 4.73. The smallest absolute Gasteiger partial charge is 0.204 e. The number of hydrazone groups is 1. The molecule has 0 aliphatic heterocycles. The predicted octanol–water partition coefficient (Wildman–Crippen LogP) is 5.22. The lowest BCUT2D eigenvalue weighted by atomic mass is 10.1. The van der Waals surface area contributed by atoms with E-state index < -0.39 is 0 Å². The second-order valence-electron chi connectivity index (χ2n) is 5.55. The SMILES string of the molecule is CCCc1sc(N/N=C/c2ccc(OC)cc2)nc1-c1ccccc1. The lowest BCUT2D eigenvalue weighted by molar-refractivity contribution is 0.415. The number of thiazole rings is 1. The fraction of sp³-hybridized carbons (Fsp3) is 0.200. The van der Waals surface area contributed by atoms with Crippen LogP contribution in [0.4, 0.5) is 5.13 Å². The molecule has 5 heteroatoms. The van der Waals surface area contributed by atoms with E-state index in [1.807, 2.05) is 42.5 Å². The van der Waals surface area contributed by atoms with Gasteiger partial charge in [-0.2, -0.15) is 5.10 Å². The van der Waals surface area contributed by atoms with Gasteiger partial charge in [0.15, 0.2) is 0 Å². The number of nitrogens with one attached hydrogen (secondary N) is 1. The van der Waals surface area contributed by atoms with Crippen LogP contribution in [-0.4, -0.2) is 18.3 Å². The van der Waals surface area contributed by atoms with E-state index in [0.29, 0.717) is 0 Å². The molecule has 1 aromatic heterocycles. The number of hydrogen-bond acceptors (Lipinski definition) is 5. The largest absolute Gasteiger partial charge is 0.497 e. The van der Waals surface area contributed by atoms with Crippen LogP contribution in [-0.2, 0) is 6.42 Å². The third-order valence-electron chi connectivity index (χ3n) is 3.71. The van der Waals surface area contributed by atoms with Gasteiger partial charge in [0.05, 0.1) is 19.0 Å². The summed E-state index contributed by atoms with van der Waals surface area (Å²) >= 11 is 1.66. The first-order chi connectivity index (χ1) is 12.3. The van der Waals surface area contributed by atoms with Gasteiger partial charge in [-0.25, -0.2) is 4.98 Å². The summed E-state index contributed by atoms with van der Waals surface area (Å²) in [7, 11) is 1.66. The Balaban J connectivity index is 1.75. The minimum absolute atomic E-state index is 0.812. The average molecular weight is 351 g/mol. The number of nitrogens with zero attached hydrogens (tertiary/aromatic N) is 2. The van der Waals surface area contributed by atoms with Crippen molar-refractivity contribution in [1.82, 2.24) is 4.98 Å². The zero-order chi connectivity index (χ0) is 17.5. The maximum atomic E-state index is 5.16. The van der Waals surface area contributed by atoms with Crippen LogP contribution in [0, 0.1) is 0 Å². The molecule has 0 unspecified atom stereocenters. The van der Waals surface area contributed by atoms with Crippen LogP contribution in [0.1, 0.15) is 23.8 Å². The van der Waals surface area contributed by atoms with Crippen LogP contribution in [0.2, 0.25) is 0 Å². The lowest BCUT2D eigenvalue weighted by Gasteiger charge is -2.00. The molecule has 3 rings (SSSR count). The van der Waals surface area contributed by atoms with Crippen molar-refractivity contribution in [2.24, 2.45) is 5.10 Å². The van der Waals surface area contributed by atoms with Gasteiger partial charge in [-0.15, -0.1) is 0 Å². The Morgan fingerprint density at radius 3 is 2.56 bits per heavy atom. The molecule has 0 aliphatic rings. The monoisotopic (exact) mass is 351 g/mol. The molecule has 1 heterocycles. The zero-order valence-corrected chi connectivity index (χ0v) is 15.2. The van der Waals surface area contributed by atoms with Crippen molar-refractivity contribution < 1.29 is 4.74 Å². The second kappa shape index (κ2) is 8.44. The number of benzene rings is 2. The van der Waals surface area contributed by atoms with E-state index in [0.717, 1.165) is 40.5 Å². The quantitative estimate of drug-likeness (QED) is 0.469. The molecule has 0 bridgehead atoms. The summed E-state index contributed by atoms with van der Waals surface area (Å²) in [4.78, 5) is 6.02. The highest BCUT2D eigenvalue weighted by molar-refractivity contribution is 7.16. The Labute approximate surface area is 152 Å². The first-order valence-corrected chi connectivity index (χ1v) is 9.10. The Morgan fingerprint density at radius 2 is 1.88 bits per heavy atom. The molecular weight excluding hydrogens is 330 g/mol. The molecule has 25 heavy (non-hydrogen) atoms. The minimum atomic E-state index is 0.812. The van der Waals surface area contributed by atoms with Gasteiger partial charge in [-0.1, -0.05) is 55.0 Å². The molecule has 0 spiro atoms. The Kier molecular flexibility index (Phi) is 5.80. The molecule has 0 amide bonds. The molecule has 4 nitrogen and oxygen atoms in total. The number of anilines is 1. The first kappa shape index (κ1) is 17.2. The summed E-state index contributed by atoms with van der Waals surface area (Å²) in [5.74, 6) is 0.835. The highest BCUT2D eigenvalue weighted by atomic mass is 32.1. The number of ether oxygens (including phenoxy) is 1. The van der Waals surface area contributed by atoms with Gasteiger partial charge in [0, 0.05) is 10.4 Å². The first-order valence-electron chi connectivity index (χ1n) is 8.28. The molecule has 0 saturated carbocycles. The van der Waals surface area contributed by atoms with E-state index in [-0.39, 0.29) is 0 Å². The van der Waals surface area contributed by atoms with Crippen molar-refractivity contribution in [2.75, 3.05) is 12.5 Å². The van der Waals surface area contributed by atoms with Crippen molar-refractivity contribution >= 4 is 22.7 Å². The lowest BCUT2D eigenvalue weighted by Crippen LogP contribution is -1.90. The minimum Gasteiger partial charge on any atom is -0.497 e. The van der Waals surface area contributed by atoms with Crippen molar-refractivity contribution in [3.8, 4) is 17.0 Å². The number of aromatic nitrogens is 1. The van der Waals surface area contributed by atoms with Crippen LogP contribution < -0.4 is 10.2 Å². The molecule has 0 fully saturated rings. The van der Waals surface area contributed by atoms with E-state index in [9.17, 15) is 0 Å². The molecule has 128 valence electrons. The van der Waals surface area contributed by atoms with Crippen LogP contribution >= 0.6 is 11.3 Å². The van der Waals surface area contributed by atoms with Crippen molar-refractivity contribution in [1.29, 1.82) is 0 Å². The highest BCUT2D eigenvalue weighted by Gasteiger charge is 2.11. The topological polar surface area (TPSA) is 46.5 Å². The van der Waals surface area contributed by atoms with E-state index in [2.05, 4.69) is 29.6 Å². The Hall–Kier alpha value is -2.66. The maximum absolute atomic E-state index is 5.16. The van der Waals surface area contributed by atoms with Crippen LogP contribution in [0.5, 0.6) is 5.75 Å². The van der Waals surface area contributed by atoms with Gasteiger partial charge < -0.3 is 4.74 Å². The molecule has 2 aromatic carbocycles. The molecule has 1 N–H and O–H groups in total. The molecule has 3 aromatic rings. The number of methoxy groups -OCH3 is 1. The van der Waals surface area contributed by atoms with Gasteiger partial charge in [0.1, 0.15) is 5.75 Å². The predicted molar refractivity (Wildman–Crippen MR) is 106 cm³/mol. The summed E-state index contributed by atoms with van der Waals surface area (Å²) in [5.41, 5.74) is 6.26. The van der Waals surface area contributed by atoms with Gasteiger partial charge in [-0.05, 0) is 36.2 Å². The third kappa shape index (κ3) is 4.45. The van der Waals surface area contributed by atoms with Crippen molar-refractivity contribution in [3.05, 3.63) is 65.0 Å². The van der Waals surface area contributed by atoms with E-state index in [1.165, 1.54) is 4.88 Å². The van der Waals surface area contributed by atoms with Crippen molar-refractivity contribution in [3.63, 3.8) is 0 Å². The zero-order valence-electron chi connectivity index (χ0n) is 14.4. The molecule has 0 aliphatic carbocycles. The Morgan fingerprint density at radius 1 is 1.12 bits per heavy atom. The fourth-order valence-electron chi connectivity index (χ4n) is 2.47. The summed E-state index contributed by atoms with van der Waals surface area (Å²) < 4.78 is 5.16. The highest BCUT2D eigenvalue weighted by Crippen LogP contribution is 2.32. The average Bonchev–Trinajstić information content (AvgIpc) is 3.06. The number of rotatable bonds is 7. The van der Waals surface area contributed by atoms with Gasteiger partial charge >= 0.3 is 0 Å². The maximum Gasteiger partial charge on any atom is 0.204 e. The number of aryl methyl sites for hydroxylation is 1. The van der Waals surface area contributed by atoms with Gasteiger partial charge in [0.2, 0.25) is 5.13 Å². The van der Waals surface area contributed by atoms with Gasteiger partial charge in [0.25, 0.3) is 0 Å². The standard InChI is InChI=1S/C20H21N3OS/c1-3-7-18-19(16-8-5-4-6-9-16)22-20(25-18)23-21-14-15-10-12-17(24-2)13-11-15/h4-6,8-14H,3,7H2,1-2H3,(H,22,23)/b21-14+. The fourth-order valence-corrected chi connectivity index (χ4v) is 3.50. The molecule has 0 saturated heterocycles. The molecule has 0 atom stereocenters. The summed E-state index contributed by atoms with van der Waals surface area (Å²) in [6, 6.07) is 18.0. The molecule has 0 radical (unpaired) electrons. The van der Waals surface area contributed by atoms with Crippen LogP contribution in [0.15, 0.2) is 59.7 Å². The van der Waals surface area contributed by atoms with Gasteiger partial charge in [-0.3, -0.25) is 5.43 Å². The second-order valence-corrected chi connectivity index (χ2v) is 6.63. The Bertz CT molecular complexity index is 826. The summed E-state index contributed by atoms with van der Waals surface area (Å²) in [6.45, 7) is 2.18. The van der Waals surface area contributed by atoms with E-state index in [1.54, 1.807) is 24.7 Å². The number of hydrogen-bond donors (Lipinski definition) is 1. The molecular formula is C20H21N3OS. The normalized spacial score (nSPS) is 11.0. The van der Waals surface area contributed by atoms with Crippen LogP contribution in [0.25, 0.3) is 11.3 Å². The summed E-state index contributed by atoms with van der Waals surface area (Å²) in [6.07, 6.45) is 3.89. The van der Waals surface area contributed by atoms with Crippen molar-refractivity contribution in [2.45, 2.75) is 19.8 Å². The summed E-state index contributed by atoms with van der Waals surface area (Å²) in [5, 5.41) is 5.12.